The average Bonchev–Trinajstić information content (AvgIpc) is 3.10. The van der Waals surface area contributed by atoms with Crippen LogP contribution < -0.4 is 5.32 Å². The van der Waals surface area contributed by atoms with Crippen molar-refractivity contribution in [2.45, 2.75) is 9.10 Å². The van der Waals surface area contributed by atoms with Gasteiger partial charge in [-0.15, -0.1) is 11.3 Å². The van der Waals surface area contributed by atoms with Crippen molar-refractivity contribution < 1.29 is 9.90 Å². The van der Waals surface area contributed by atoms with Gasteiger partial charge in [0.05, 0.1) is 4.21 Å². The van der Waals surface area contributed by atoms with Gasteiger partial charge in [-0.2, -0.15) is 5.26 Å². The summed E-state index contributed by atoms with van der Waals surface area (Å²) < 4.78 is 1.04. The van der Waals surface area contributed by atoms with Gasteiger partial charge in [0.1, 0.15) is 17.4 Å². The number of benzene rings is 2. The number of phenols is 1. The molecule has 0 fully saturated rings. The first-order valence-electron chi connectivity index (χ1n) is 7.79. The Morgan fingerprint density at radius 3 is 2.48 bits per heavy atom. The Balaban J connectivity index is 1.71. The Morgan fingerprint density at radius 2 is 1.81 bits per heavy atom. The third-order valence-electron chi connectivity index (χ3n) is 3.41. The molecule has 0 aliphatic heterocycles. The second-order valence-corrected chi connectivity index (χ2v) is 8.31. The fraction of sp³-hybridized carbons (Fsp3) is 0. The lowest BCUT2D eigenvalue weighted by atomic mass is 10.2. The molecule has 0 aliphatic rings. The molecule has 0 saturated heterocycles. The van der Waals surface area contributed by atoms with Gasteiger partial charge < -0.3 is 10.4 Å². The van der Waals surface area contributed by atoms with Crippen molar-refractivity contribution in [1.29, 1.82) is 5.26 Å². The Hall–Kier alpha value is -2.72. The summed E-state index contributed by atoms with van der Waals surface area (Å²) in [7, 11) is 0. The van der Waals surface area contributed by atoms with Crippen molar-refractivity contribution in [2.75, 3.05) is 5.32 Å². The van der Waals surface area contributed by atoms with E-state index in [1.807, 2.05) is 42.5 Å². The van der Waals surface area contributed by atoms with Crippen molar-refractivity contribution in [1.82, 2.24) is 0 Å². The number of aromatic hydroxyl groups is 1. The molecule has 3 aromatic rings. The summed E-state index contributed by atoms with van der Waals surface area (Å²) in [5.74, 6) is -0.392. The van der Waals surface area contributed by atoms with Gasteiger partial charge in [-0.1, -0.05) is 23.4 Å². The first-order valence-corrected chi connectivity index (χ1v) is 9.80. The zero-order valence-electron chi connectivity index (χ0n) is 13.8. The minimum atomic E-state index is -0.497. The fourth-order valence-corrected chi connectivity index (χ4v) is 4.31. The highest BCUT2D eigenvalue weighted by molar-refractivity contribution is 8.01. The molecule has 0 spiro atoms. The van der Waals surface area contributed by atoms with Crippen LogP contribution in [0.4, 0.5) is 5.69 Å². The summed E-state index contributed by atoms with van der Waals surface area (Å²) in [6.07, 6.45) is 1.56. The number of carbonyl (C=O) groups excluding carboxylic acids is 1. The van der Waals surface area contributed by atoms with Crippen LogP contribution in [-0.2, 0) is 4.79 Å². The van der Waals surface area contributed by atoms with Gasteiger partial charge in [0.2, 0.25) is 0 Å². The smallest absolute Gasteiger partial charge is 0.266 e. The molecule has 3 rings (SSSR count). The highest BCUT2D eigenvalue weighted by Gasteiger charge is 2.11. The van der Waals surface area contributed by atoms with E-state index in [1.54, 1.807) is 30.0 Å². The minimum Gasteiger partial charge on any atom is -0.508 e. The standard InChI is InChI=1S/C20H13ClN2O2S2/c21-14-1-7-17(8-2-14)26-19-10-9-18(27-19)11-13(12-22)20(25)23-15-3-5-16(24)6-4-15/h1-11,24H,(H,23,25)/b13-11+. The molecule has 1 heterocycles. The summed E-state index contributed by atoms with van der Waals surface area (Å²) in [6, 6.07) is 19.3. The topological polar surface area (TPSA) is 73.1 Å². The first kappa shape index (κ1) is 19.1. The van der Waals surface area contributed by atoms with Crippen LogP contribution >= 0.6 is 34.7 Å². The van der Waals surface area contributed by atoms with E-state index in [-0.39, 0.29) is 11.3 Å². The molecule has 0 bridgehead atoms. The Bertz CT molecular complexity index is 1020. The van der Waals surface area contributed by atoms with E-state index in [0.717, 1.165) is 14.0 Å². The van der Waals surface area contributed by atoms with E-state index in [2.05, 4.69) is 5.32 Å². The second-order valence-electron chi connectivity index (χ2n) is 5.38. The number of hydrogen-bond acceptors (Lipinski definition) is 5. The van der Waals surface area contributed by atoms with Crippen LogP contribution in [0.3, 0.4) is 0 Å². The number of anilines is 1. The quantitative estimate of drug-likeness (QED) is 0.315. The number of nitrogens with one attached hydrogen (secondary N) is 1. The van der Waals surface area contributed by atoms with Gasteiger partial charge in [-0.25, -0.2) is 0 Å². The van der Waals surface area contributed by atoms with Crippen LogP contribution in [0.15, 0.2) is 75.3 Å². The molecule has 7 heteroatoms. The van der Waals surface area contributed by atoms with Crippen molar-refractivity contribution in [3.8, 4) is 11.8 Å². The van der Waals surface area contributed by atoms with Crippen molar-refractivity contribution in [3.05, 3.63) is 76.1 Å². The number of rotatable bonds is 5. The molecule has 2 N–H and O–H groups in total. The lowest BCUT2D eigenvalue weighted by Gasteiger charge is -2.03. The number of thiophene rings is 1. The fourth-order valence-electron chi connectivity index (χ4n) is 2.12. The van der Waals surface area contributed by atoms with E-state index in [0.29, 0.717) is 10.7 Å². The van der Waals surface area contributed by atoms with Crippen LogP contribution in [-0.4, -0.2) is 11.0 Å². The zero-order chi connectivity index (χ0) is 19.2. The molecule has 0 atom stereocenters. The third kappa shape index (κ3) is 5.38. The number of nitrogens with zero attached hydrogens (tertiary/aromatic N) is 1. The lowest BCUT2D eigenvalue weighted by Crippen LogP contribution is -2.13. The van der Waals surface area contributed by atoms with Crippen molar-refractivity contribution in [2.24, 2.45) is 0 Å². The summed E-state index contributed by atoms with van der Waals surface area (Å²) >= 11 is 8.97. The highest BCUT2D eigenvalue weighted by Crippen LogP contribution is 2.34. The summed E-state index contributed by atoms with van der Waals surface area (Å²) in [6.45, 7) is 0. The molecule has 0 aliphatic carbocycles. The predicted octanol–water partition coefficient (Wildman–Crippen LogP) is 5.80. The molecule has 1 aromatic heterocycles. The molecule has 0 unspecified atom stereocenters. The SMILES string of the molecule is N#C/C(=C\c1ccc(Sc2ccc(Cl)cc2)s1)C(=O)Nc1ccc(O)cc1. The third-order valence-corrected chi connectivity index (χ3v) is 5.84. The van der Waals surface area contributed by atoms with Gasteiger partial charge in [0.15, 0.2) is 0 Å². The second kappa shape index (κ2) is 8.78. The van der Waals surface area contributed by atoms with Gasteiger partial charge >= 0.3 is 0 Å². The monoisotopic (exact) mass is 412 g/mol. The molecule has 27 heavy (non-hydrogen) atoms. The van der Waals surface area contributed by atoms with Crippen LogP contribution in [0.1, 0.15) is 4.88 Å². The van der Waals surface area contributed by atoms with Crippen LogP contribution in [0, 0.1) is 11.3 Å². The van der Waals surface area contributed by atoms with Crippen LogP contribution in [0.25, 0.3) is 6.08 Å². The largest absolute Gasteiger partial charge is 0.508 e. The molecular formula is C20H13ClN2O2S2. The maximum absolute atomic E-state index is 12.3. The number of carbonyl (C=O) groups is 1. The number of phenolic OH excluding ortho intramolecular Hbond substituents is 1. The normalized spacial score (nSPS) is 11.0. The first-order chi connectivity index (χ1) is 13.0. The Kier molecular flexibility index (Phi) is 6.20. The van der Waals surface area contributed by atoms with E-state index in [9.17, 15) is 15.2 Å². The Morgan fingerprint density at radius 1 is 1.11 bits per heavy atom. The number of hydrogen-bond donors (Lipinski definition) is 2. The number of halogens is 1. The summed E-state index contributed by atoms with van der Waals surface area (Å²) in [4.78, 5) is 14.2. The van der Waals surface area contributed by atoms with Crippen LogP contribution in [0.2, 0.25) is 5.02 Å². The van der Waals surface area contributed by atoms with E-state index in [4.69, 9.17) is 11.6 Å². The summed E-state index contributed by atoms with van der Waals surface area (Å²) in [5, 5.41) is 21.9. The maximum atomic E-state index is 12.3. The van der Waals surface area contributed by atoms with Crippen molar-refractivity contribution in [3.63, 3.8) is 0 Å². The maximum Gasteiger partial charge on any atom is 0.266 e. The molecule has 2 aromatic carbocycles. The van der Waals surface area contributed by atoms with Crippen LogP contribution in [0.5, 0.6) is 5.75 Å². The van der Waals surface area contributed by atoms with E-state index < -0.39 is 5.91 Å². The average molecular weight is 413 g/mol. The van der Waals surface area contributed by atoms with E-state index >= 15 is 0 Å². The molecule has 134 valence electrons. The molecule has 0 radical (unpaired) electrons. The van der Waals surface area contributed by atoms with E-state index in [1.165, 1.54) is 23.5 Å². The number of amides is 1. The number of nitriles is 1. The Labute approximate surface area is 169 Å². The lowest BCUT2D eigenvalue weighted by molar-refractivity contribution is -0.112. The molecule has 1 amide bonds. The molecule has 4 nitrogen and oxygen atoms in total. The van der Waals surface area contributed by atoms with Crippen molar-refractivity contribution >= 4 is 52.4 Å². The molecule has 0 saturated carbocycles. The zero-order valence-corrected chi connectivity index (χ0v) is 16.2. The van der Waals surface area contributed by atoms with Gasteiger partial charge in [0, 0.05) is 20.5 Å². The van der Waals surface area contributed by atoms with Gasteiger partial charge in [0.25, 0.3) is 5.91 Å². The predicted molar refractivity (Wildman–Crippen MR) is 110 cm³/mol. The molecular weight excluding hydrogens is 400 g/mol. The highest BCUT2D eigenvalue weighted by atomic mass is 35.5. The minimum absolute atomic E-state index is 0.00738. The van der Waals surface area contributed by atoms with Gasteiger partial charge in [-0.3, -0.25) is 4.79 Å². The van der Waals surface area contributed by atoms with Gasteiger partial charge in [-0.05, 0) is 66.7 Å². The summed E-state index contributed by atoms with van der Waals surface area (Å²) in [5.41, 5.74) is 0.511.